The number of fused-ring (bicyclic) bond motifs is 1. The van der Waals surface area contributed by atoms with Crippen molar-refractivity contribution in [1.82, 2.24) is 10.3 Å². The number of hydrogen-bond donors (Lipinski definition) is 1. The van der Waals surface area contributed by atoms with Crippen LogP contribution in [-0.2, 0) is 0 Å². The summed E-state index contributed by atoms with van der Waals surface area (Å²) < 4.78 is 41.4. The zero-order chi connectivity index (χ0) is 15.0. The van der Waals surface area contributed by atoms with Crippen LogP contribution < -0.4 is 5.32 Å². The zero-order valence-corrected chi connectivity index (χ0v) is 11.8. The Hall–Kier alpha value is -1.92. The monoisotopic (exact) mass is 308 g/mol. The summed E-state index contributed by atoms with van der Waals surface area (Å²) in [5, 5.41) is 4.83. The van der Waals surface area contributed by atoms with Crippen LogP contribution in [0.25, 0.3) is 10.2 Å². The van der Waals surface area contributed by atoms with Crippen molar-refractivity contribution in [3.05, 3.63) is 64.4 Å². The second kappa shape index (κ2) is 5.46. The first kappa shape index (κ1) is 14.0. The largest absolute Gasteiger partial charge is 0.309 e. The van der Waals surface area contributed by atoms with Gasteiger partial charge in [-0.2, -0.15) is 0 Å². The maximum Gasteiger partial charge on any atom is 0.194 e. The Balaban J connectivity index is 2.11. The Morgan fingerprint density at radius 2 is 1.95 bits per heavy atom. The summed E-state index contributed by atoms with van der Waals surface area (Å²) in [5.41, 5.74) is 1.59. The lowest BCUT2D eigenvalue weighted by Crippen LogP contribution is -2.20. The third-order valence-electron chi connectivity index (χ3n) is 3.32. The van der Waals surface area contributed by atoms with Gasteiger partial charge in [0.25, 0.3) is 0 Å². The van der Waals surface area contributed by atoms with Crippen molar-refractivity contribution in [1.29, 1.82) is 0 Å². The van der Waals surface area contributed by atoms with E-state index >= 15 is 0 Å². The summed E-state index contributed by atoms with van der Waals surface area (Å²) in [7, 11) is 1.63. The Morgan fingerprint density at radius 3 is 2.71 bits per heavy atom. The molecule has 0 saturated carbocycles. The van der Waals surface area contributed by atoms with E-state index in [0.29, 0.717) is 5.56 Å². The van der Waals surface area contributed by atoms with Crippen molar-refractivity contribution in [2.24, 2.45) is 0 Å². The van der Waals surface area contributed by atoms with E-state index < -0.39 is 23.5 Å². The molecule has 0 bridgehead atoms. The summed E-state index contributed by atoms with van der Waals surface area (Å²) in [4.78, 5) is 4.29. The normalized spacial score (nSPS) is 12.8. The smallest absolute Gasteiger partial charge is 0.194 e. The second-order valence-electron chi connectivity index (χ2n) is 4.56. The molecule has 2 heterocycles. The fourth-order valence-electron chi connectivity index (χ4n) is 2.28. The molecule has 0 aliphatic rings. The zero-order valence-electron chi connectivity index (χ0n) is 11.0. The van der Waals surface area contributed by atoms with Gasteiger partial charge in [-0.15, -0.1) is 11.3 Å². The van der Waals surface area contributed by atoms with E-state index in [4.69, 9.17) is 0 Å². The maximum absolute atomic E-state index is 14.0. The molecule has 0 aliphatic heterocycles. The van der Waals surface area contributed by atoms with E-state index in [1.807, 2.05) is 17.5 Å². The van der Waals surface area contributed by atoms with Crippen LogP contribution in [-0.4, -0.2) is 12.0 Å². The third-order valence-corrected chi connectivity index (χ3v) is 4.17. The van der Waals surface area contributed by atoms with Crippen molar-refractivity contribution in [3.8, 4) is 0 Å². The van der Waals surface area contributed by atoms with Crippen LogP contribution in [0.4, 0.5) is 13.2 Å². The number of halogens is 3. The van der Waals surface area contributed by atoms with Crippen LogP contribution in [0.1, 0.15) is 17.2 Å². The summed E-state index contributed by atoms with van der Waals surface area (Å²) in [6.07, 6.45) is 1.61. The number of thiophene rings is 1. The minimum absolute atomic E-state index is 0.0501. The highest BCUT2D eigenvalue weighted by Gasteiger charge is 2.21. The molecule has 108 valence electrons. The van der Waals surface area contributed by atoms with Crippen LogP contribution in [0.5, 0.6) is 0 Å². The van der Waals surface area contributed by atoms with Crippen molar-refractivity contribution in [2.45, 2.75) is 6.04 Å². The minimum atomic E-state index is -1.46. The van der Waals surface area contributed by atoms with Crippen LogP contribution in [0, 0.1) is 17.5 Å². The molecular weight excluding hydrogens is 297 g/mol. The van der Waals surface area contributed by atoms with Gasteiger partial charge in [0.15, 0.2) is 17.5 Å². The SMILES string of the molecule is CNC(c1cnc2ccsc2c1)c1ccc(F)c(F)c1F. The maximum atomic E-state index is 14.0. The highest BCUT2D eigenvalue weighted by atomic mass is 32.1. The molecule has 0 amide bonds. The Morgan fingerprint density at radius 1 is 1.14 bits per heavy atom. The van der Waals surface area contributed by atoms with Crippen LogP contribution in [0.15, 0.2) is 35.8 Å². The lowest BCUT2D eigenvalue weighted by molar-refractivity contribution is 0.435. The van der Waals surface area contributed by atoms with E-state index in [2.05, 4.69) is 10.3 Å². The lowest BCUT2D eigenvalue weighted by Gasteiger charge is -2.18. The van der Waals surface area contributed by atoms with Gasteiger partial charge < -0.3 is 5.32 Å². The first-order valence-electron chi connectivity index (χ1n) is 6.25. The minimum Gasteiger partial charge on any atom is -0.309 e. The summed E-state index contributed by atoms with van der Waals surface area (Å²) >= 11 is 1.52. The van der Waals surface area contributed by atoms with Gasteiger partial charge in [-0.1, -0.05) is 6.07 Å². The lowest BCUT2D eigenvalue weighted by atomic mass is 9.99. The molecule has 1 unspecified atom stereocenters. The van der Waals surface area contributed by atoms with E-state index in [-0.39, 0.29) is 5.56 Å². The quantitative estimate of drug-likeness (QED) is 0.739. The topological polar surface area (TPSA) is 24.9 Å². The van der Waals surface area contributed by atoms with E-state index in [9.17, 15) is 13.2 Å². The molecule has 1 atom stereocenters. The Labute approximate surface area is 123 Å². The number of pyridine rings is 1. The van der Waals surface area contributed by atoms with Crippen LogP contribution >= 0.6 is 11.3 Å². The van der Waals surface area contributed by atoms with Crippen molar-refractivity contribution >= 4 is 21.6 Å². The number of nitrogens with one attached hydrogen (secondary N) is 1. The van der Waals surface area contributed by atoms with Crippen LogP contribution in [0.3, 0.4) is 0 Å². The summed E-state index contributed by atoms with van der Waals surface area (Å²) in [6, 6.07) is 5.33. The van der Waals surface area contributed by atoms with Gasteiger partial charge >= 0.3 is 0 Å². The first-order chi connectivity index (χ1) is 10.1. The van der Waals surface area contributed by atoms with Gasteiger partial charge in [-0.25, -0.2) is 13.2 Å². The van der Waals surface area contributed by atoms with E-state index in [1.54, 1.807) is 13.2 Å². The molecule has 0 fully saturated rings. The number of nitrogens with zero attached hydrogens (tertiary/aromatic N) is 1. The average molecular weight is 308 g/mol. The molecule has 0 spiro atoms. The summed E-state index contributed by atoms with van der Waals surface area (Å²) in [6.45, 7) is 0. The van der Waals surface area contributed by atoms with Crippen molar-refractivity contribution in [3.63, 3.8) is 0 Å². The summed E-state index contributed by atoms with van der Waals surface area (Å²) in [5.74, 6) is -3.84. The molecule has 3 rings (SSSR count). The number of aromatic nitrogens is 1. The number of rotatable bonds is 3. The predicted octanol–water partition coefficient (Wildman–Crippen LogP) is 4.02. The van der Waals surface area contributed by atoms with Gasteiger partial charge in [0.05, 0.1) is 16.3 Å². The average Bonchev–Trinajstić information content (AvgIpc) is 2.95. The van der Waals surface area contributed by atoms with Gasteiger partial charge in [-0.05, 0) is 36.2 Å². The molecule has 0 aliphatic carbocycles. The second-order valence-corrected chi connectivity index (χ2v) is 5.51. The fourth-order valence-corrected chi connectivity index (χ4v) is 3.07. The molecule has 6 heteroatoms. The molecule has 1 N–H and O–H groups in total. The predicted molar refractivity (Wildman–Crippen MR) is 76.8 cm³/mol. The Bertz CT molecular complexity index is 801. The number of benzene rings is 1. The fraction of sp³-hybridized carbons (Fsp3) is 0.133. The van der Waals surface area contributed by atoms with Crippen molar-refractivity contribution in [2.75, 3.05) is 7.05 Å². The molecule has 0 radical (unpaired) electrons. The molecule has 21 heavy (non-hydrogen) atoms. The first-order valence-corrected chi connectivity index (χ1v) is 7.13. The molecule has 0 saturated heterocycles. The van der Waals surface area contributed by atoms with Gasteiger partial charge in [-0.3, -0.25) is 4.98 Å². The van der Waals surface area contributed by atoms with Gasteiger partial charge in [0.1, 0.15) is 0 Å². The number of hydrogen-bond acceptors (Lipinski definition) is 3. The highest BCUT2D eigenvalue weighted by molar-refractivity contribution is 7.17. The van der Waals surface area contributed by atoms with Gasteiger partial charge in [0.2, 0.25) is 0 Å². The van der Waals surface area contributed by atoms with Gasteiger partial charge in [0, 0.05) is 11.8 Å². The highest BCUT2D eigenvalue weighted by Crippen LogP contribution is 2.29. The molecule has 1 aromatic carbocycles. The molecule has 2 aromatic heterocycles. The van der Waals surface area contributed by atoms with E-state index in [1.165, 1.54) is 17.4 Å². The standard InChI is InChI=1S/C15H11F3N2S/c1-19-15(9-2-3-10(16)14(18)13(9)17)8-6-12-11(20-7-8)4-5-21-12/h2-7,15,19H,1H3. The van der Waals surface area contributed by atoms with E-state index in [0.717, 1.165) is 16.3 Å². The molecular formula is C15H11F3N2S. The molecule has 2 nitrogen and oxygen atoms in total. The molecule has 3 aromatic rings. The Kier molecular flexibility index (Phi) is 3.65. The third kappa shape index (κ3) is 2.41. The van der Waals surface area contributed by atoms with Crippen LogP contribution in [0.2, 0.25) is 0 Å². The van der Waals surface area contributed by atoms with Crippen molar-refractivity contribution < 1.29 is 13.2 Å².